The molecule has 0 bridgehead atoms. The van der Waals surface area contributed by atoms with E-state index in [0.29, 0.717) is 5.88 Å². The molecule has 3 rings (SSSR count). The Morgan fingerprint density at radius 3 is 2.90 bits per heavy atom. The summed E-state index contributed by atoms with van der Waals surface area (Å²) in [5, 5.41) is 3.42. The monoisotopic (exact) mass is 302 g/mol. The van der Waals surface area contributed by atoms with Crippen LogP contribution < -0.4 is 10.1 Å². The number of aromatic nitrogens is 3. The predicted octanol–water partition coefficient (Wildman–Crippen LogP) is 3.12. The van der Waals surface area contributed by atoms with E-state index in [9.17, 15) is 0 Å². The summed E-state index contributed by atoms with van der Waals surface area (Å²) >= 11 is 1.88. The zero-order valence-electron chi connectivity index (χ0n) is 12.2. The average molecular weight is 302 g/mol. The van der Waals surface area contributed by atoms with Crippen LogP contribution >= 0.6 is 11.8 Å². The van der Waals surface area contributed by atoms with Gasteiger partial charge < -0.3 is 10.1 Å². The van der Waals surface area contributed by atoms with E-state index in [4.69, 9.17) is 14.7 Å². The van der Waals surface area contributed by atoms with Crippen molar-refractivity contribution in [3.05, 3.63) is 29.6 Å². The Kier molecular flexibility index (Phi) is 4.24. The van der Waals surface area contributed by atoms with Gasteiger partial charge in [-0.1, -0.05) is 6.92 Å². The molecule has 0 aliphatic carbocycles. The number of anilines is 1. The van der Waals surface area contributed by atoms with Gasteiger partial charge in [-0.2, -0.15) is 11.8 Å². The van der Waals surface area contributed by atoms with E-state index >= 15 is 0 Å². The fourth-order valence-corrected chi connectivity index (χ4v) is 3.24. The van der Waals surface area contributed by atoms with Gasteiger partial charge in [0.05, 0.1) is 12.8 Å². The highest BCUT2D eigenvalue weighted by molar-refractivity contribution is 7.98. The van der Waals surface area contributed by atoms with Crippen molar-refractivity contribution in [2.24, 2.45) is 0 Å². The molecule has 0 amide bonds. The smallest absolute Gasteiger partial charge is 0.212 e. The van der Waals surface area contributed by atoms with Gasteiger partial charge in [0.2, 0.25) is 5.88 Å². The lowest BCUT2D eigenvalue weighted by Gasteiger charge is -2.11. The minimum atomic E-state index is 0.597. The summed E-state index contributed by atoms with van der Waals surface area (Å²) in [4.78, 5) is 13.6. The van der Waals surface area contributed by atoms with Gasteiger partial charge >= 0.3 is 0 Å². The molecular weight excluding hydrogens is 284 g/mol. The maximum Gasteiger partial charge on any atom is 0.212 e. The number of methoxy groups -OCH3 is 1. The number of fused-ring (bicyclic) bond motifs is 1. The van der Waals surface area contributed by atoms with Crippen molar-refractivity contribution in [3.63, 3.8) is 0 Å². The zero-order chi connectivity index (χ0) is 14.7. The van der Waals surface area contributed by atoms with Crippen molar-refractivity contribution in [1.82, 2.24) is 15.0 Å². The van der Waals surface area contributed by atoms with Crippen LogP contribution in [-0.4, -0.2) is 28.6 Å². The summed E-state index contributed by atoms with van der Waals surface area (Å²) < 4.78 is 5.09. The second-order valence-electron chi connectivity index (χ2n) is 4.83. The van der Waals surface area contributed by atoms with E-state index in [1.807, 2.05) is 23.9 Å². The molecule has 1 aliphatic heterocycles. The third kappa shape index (κ3) is 2.95. The van der Waals surface area contributed by atoms with E-state index in [-0.39, 0.29) is 0 Å². The Morgan fingerprint density at radius 2 is 2.19 bits per heavy atom. The van der Waals surface area contributed by atoms with Crippen LogP contribution in [0.15, 0.2) is 18.3 Å². The minimum Gasteiger partial charge on any atom is -0.481 e. The average Bonchev–Trinajstić information content (AvgIpc) is 3.01. The van der Waals surface area contributed by atoms with Crippen molar-refractivity contribution < 1.29 is 4.74 Å². The van der Waals surface area contributed by atoms with Crippen molar-refractivity contribution in [2.75, 3.05) is 19.0 Å². The molecule has 0 aromatic carbocycles. The number of pyridine rings is 1. The van der Waals surface area contributed by atoms with Gasteiger partial charge in [-0.05, 0) is 12.5 Å². The van der Waals surface area contributed by atoms with Crippen molar-refractivity contribution >= 4 is 17.6 Å². The molecule has 110 valence electrons. The normalized spacial score (nSPS) is 13.0. The lowest BCUT2D eigenvalue weighted by Crippen LogP contribution is -2.08. The minimum absolute atomic E-state index is 0.597. The maximum atomic E-state index is 5.09. The molecule has 1 aliphatic rings. The van der Waals surface area contributed by atoms with Gasteiger partial charge in [0.25, 0.3) is 0 Å². The summed E-state index contributed by atoms with van der Waals surface area (Å²) in [6, 6.07) is 3.78. The first-order valence-electron chi connectivity index (χ1n) is 7.03. The van der Waals surface area contributed by atoms with Crippen LogP contribution in [0, 0.1) is 0 Å². The lowest BCUT2D eigenvalue weighted by atomic mass is 10.2. The number of nitrogens with zero attached hydrogens (tertiary/aromatic N) is 3. The van der Waals surface area contributed by atoms with E-state index in [2.05, 4.69) is 17.2 Å². The van der Waals surface area contributed by atoms with Gasteiger partial charge in [0, 0.05) is 41.4 Å². The van der Waals surface area contributed by atoms with E-state index in [1.54, 1.807) is 13.3 Å². The second kappa shape index (κ2) is 6.30. The highest BCUT2D eigenvalue weighted by Gasteiger charge is 2.20. The van der Waals surface area contributed by atoms with E-state index in [0.717, 1.165) is 47.4 Å². The first kappa shape index (κ1) is 14.1. The largest absolute Gasteiger partial charge is 0.481 e. The second-order valence-corrected chi connectivity index (χ2v) is 5.82. The van der Waals surface area contributed by atoms with Crippen LogP contribution in [0.3, 0.4) is 0 Å². The molecule has 0 unspecified atom stereocenters. The van der Waals surface area contributed by atoms with Crippen molar-refractivity contribution in [3.8, 4) is 17.3 Å². The highest BCUT2D eigenvalue weighted by Crippen LogP contribution is 2.34. The molecule has 0 spiro atoms. The van der Waals surface area contributed by atoms with E-state index in [1.165, 1.54) is 5.56 Å². The molecule has 2 aromatic heterocycles. The number of rotatable bonds is 5. The Hall–Kier alpha value is -1.82. The fraction of sp³-hybridized carbons (Fsp3) is 0.400. The van der Waals surface area contributed by atoms with Gasteiger partial charge in [-0.25, -0.2) is 15.0 Å². The molecule has 3 heterocycles. The Balaban J connectivity index is 1.97. The van der Waals surface area contributed by atoms with Crippen LogP contribution in [0.25, 0.3) is 11.4 Å². The number of ether oxygens (including phenoxy) is 1. The molecule has 6 heteroatoms. The summed E-state index contributed by atoms with van der Waals surface area (Å²) in [5.41, 5.74) is 3.30. The van der Waals surface area contributed by atoms with Crippen LogP contribution in [-0.2, 0) is 11.5 Å². The highest BCUT2D eigenvalue weighted by atomic mass is 32.2. The molecule has 0 fully saturated rings. The SMILES string of the molecule is CCCNc1nc(-c2ccc(OC)nc2)nc2c1CSC2. The fourth-order valence-electron chi connectivity index (χ4n) is 2.20. The Morgan fingerprint density at radius 1 is 1.29 bits per heavy atom. The van der Waals surface area contributed by atoms with Crippen LogP contribution in [0.2, 0.25) is 0 Å². The molecule has 21 heavy (non-hydrogen) atoms. The number of nitrogens with one attached hydrogen (secondary N) is 1. The standard InChI is InChI=1S/C15H18N4OS/c1-3-6-16-15-11-8-21-9-12(11)18-14(19-15)10-4-5-13(20-2)17-7-10/h4-5,7H,3,6,8-9H2,1-2H3,(H,16,18,19). The lowest BCUT2D eigenvalue weighted by molar-refractivity contribution is 0.398. The molecule has 0 saturated carbocycles. The summed E-state index contributed by atoms with van der Waals surface area (Å²) in [6.45, 7) is 3.08. The van der Waals surface area contributed by atoms with Crippen LogP contribution in [0.4, 0.5) is 5.82 Å². The quantitative estimate of drug-likeness (QED) is 0.915. The molecule has 1 N–H and O–H groups in total. The molecule has 0 radical (unpaired) electrons. The summed E-state index contributed by atoms with van der Waals surface area (Å²) in [5.74, 6) is 4.24. The predicted molar refractivity (Wildman–Crippen MR) is 85.6 cm³/mol. The first-order chi connectivity index (χ1) is 10.3. The molecule has 2 aromatic rings. The molecule has 0 saturated heterocycles. The van der Waals surface area contributed by atoms with Gasteiger partial charge in [-0.3, -0.25) is 0 Å². The number of hydrogen-bond acceptors (Lipinski definition) is 6. The van der Waals surface area contributed by atoms with E-state index < -0.39 is 0 Å². The summed E-state index contributed by atoms with van der Waals surface area (Å²) in [7, 11) is 1.61. The third-order valence-electron chi connectivity index (χ3n) is 3.32. The Bertz CT molecular complexity index is 630. The topological polar surface area (TPSA) is 59.9 Å². The maximum absolute atomic E-state index is 5.09. The molecular formula is C15H18N4OS. The number of hydrogen-bond donors (Lipinski definition) is 1. The van der Waals surface area contributed by atoms with Crippen molar-refractivity contribution in [1.29, 1.82) is 0 Å². The van der Waals surface area contributed by atoms with Crippen LogP contribution in [0.5, 0.6) is 5.88 Å². The first-order valence-corrected chi connectivity index (χ1v) is 8.19. The Labute approximate surface area is 128 Å². The zero-order valence-corrected chi connectivity index (χ0v) is 13.0. The van der Waals surface area contributed by atoms with Gasteiger partial charge in [-0.15, -0.1) is 0 Å². The van der Waals surface area contributed by atoms with Gasteiger partial charge in [0.15, 0.2) is 5.82 Å². The molecule has 0 atom stereocenters. The van der Waals surface area contributed by atoms with Gasteiger partial charge in [0.1, 0.15) is 5.82 Å². The van der Waals surface area contributed by atoms with Crippen molar-refractivity contribution in [2.45, 2.75) is 24.9 Å². The van der Waals surface area contributed by atoms with Crippen LogP contribution in [0.1, 0.15) is 24.6 Å². The molecule has 5 nitrogen and oxygen atoms in total. The summed E-state index contributed by atoms with van der Waals surface area (Å²) in [6.07, 6.45) is 2.83. The number of thioether (sulfide) groups is 1. The third-order valence-corrected chi connectivity index (χ3v) is 4.29.